The molecule has 1 amide bonds. The number of morpholine rings is 1. The van der Waals surface area contributed by atoms with E-state index < -0.39 is 10.0 Å². The number of nitrogens with zero attached hydrogens (tertiary/aromatic N) is 2. The molecule has 1 fully saturated rings. The number of aryl methyl sites for hydroxylation is 1. The summed E-state index contributed by atoms with van der Waals surface area (Å²) in [5, 5.41) is 5.87. The highest BCUT2D eigenvalue weighted by Crippen LogP contribution is 2.28. The summed E-state index contributed by atoms with van der Waals surface area (Å²) in [5.74, 6) is 0.577. The predicted molar refractivity (Wildman–Crippen MR) is 111 cm³/mol. The molecule has 2 N–H and O–H groups in total. The molecule has 8 nitrogen and oxygen atoms in total. The summed E-state index contributed by atoms with van der Waals surface area (Å²) in [7, 11) is -3.58. The number of amides is 1. The largest absolute Gasteiger partial charge is 0.379 e. The lowest BCUT2D eigenvalue weighted by atomic mass is 10.1. The minimum absolute atomic E-state index is 0.0813. The van der Waals surface area contributed by atoms with Gasteiger partial charge in [-0.25, -0.2) is 13.4 Å². The van der Waals surface area contributed by atoms with Gasteiger partial charge in [-0.05, 0) is 41.8 Å². The Hall–Kier alpha value is -2.49. The third kappa shape index (κ3) is 5.31. The first-order valence-corrected chi connectivity index (χ1v) is 11.0. The van der Waals surface area contributed by atoms with Crippen LogP contribution in [-0.2, 0) is 19.6 Å². The Labute approximate surface area is 171 Å². The average Bonchev–Trinajstić information content (AvgIpc) is 2.72. The highest BCUT2D eigenvalue weighted by molar-refractivity contribution is 7.89. The number of sulfonamides is 1. The van der Waals surface area contributed by atoms with E-state index in [1.807, 2.05) is 24.3 Å². The van der Waals surface area contributed by atoms with Crippen molar-refractivity contribution in [2.45, 2.75) is 18.7 Å². The van der Waals surface area contributed by atoms with Crippen molar-refractivity contribution < 1.29 is 17.9 Å². The van der Waals surface area contributed by atoms with Crippen molar-refractivity contribution in [3.8, 4) is 11.1 Å². The number of hydrogen-bond acceptors (Lipinski definition) is 6. The highest BCUT2D eigenvalue weighted by Gasteiger charge is 2.28. The number of benzene rings is 1. The number of anilines is 1. The van der Waals surface area contributed by atoms with Gasteiger partial charge in [-0.1, -0.05) is 12.1 Å². The van der Waals surface area contributed by atoms with Crippen molar-refractivity contribution in [1.82, 2.24) is 14.6 Å². The molecule has 2 heterocycles. The van der Waals surface area contributed by atoms with Crippen molar-refractivity contribution in [3.63, 3.8) is 0 Å². The molecule has 0 spiro atoms. The highest BCUT2D eigenvalue weighted by atomic mass is 32.2. The Morgan fingerprint density at radius 1 is 1.14 bits per heavy atom. The first-order valence-electron chi connectivity index (χ1n) is 9.51. The molecule has 1 aromatic heterocycles. The number of hydrogen-bond donors (Lipinski definition) is 2. The summed E-state index contributed by atoms with van der Waals surface area (Å²) in [6.07, 6.45) is 1.67. The van der Waals surface area contributed by atoms with Gasteiger partial charge in [0, 0.05) is 39.3 Å². The Bertz CT molecular complexity index is 972. The molecule has 1 aliphatic heterocycles. The lowest BCUT2D eigenvalue weighted by Crippen LogP contribution is -2.40. The summed E-state index contributed by atoms with van der Waals surface area (Å²) < 4.78 is 33.0. The molecule has 0 radical (unpaired) electrons. The smallest absolute Gasteiger partial charge is 0.243 e. The maximum Gasteiger partial charge on any atom is 0.243 e. The van der Waals surface area contributed by atoms with E-state index in [0.717, 1.165) is 11.1 Å². The van der Waals surface area contributed by atoms with Crippen LogP contribution in [0.15, 0.2) is 41.4 Å². The van der Waals surface area contributed by atoms with Gasteiger partial charge < -0.3 is 15.4 Å². The molecule has 0 atom stereocenters. The van der Waals surface area contributed by atoms with Gasteiger partial charge >= 0.3 is 0 Å². The quantitative estimate of drug-likeness (QED) is 0.663. The van der Waals surface area contributed by atoms with Crippen LogP contribution in [-0.4, -0.2) is 63.0 Å². The number of pyridine rings is 1. The molecule has 0 saturated carbocycles. The topological polar surface area (TPSA) is 101 Å². The first-order chi connectivity index (χ1) is 13.9. The number of ether oxygens (including phenoxy) is 1. The third-order valence-electron chi connectivity index (χ3n) is 4.67. The second kappa shape index (κ2) is 9.34. The molecule has 0 bridgehead atoms. The van der Waals surface area contributed by atoms with Gasteiger partial charge in [-0.3, -0.25) is 4.79 Å². The average molecular weight is 419 g/mol. The SMILES string of the molecule is CC(=O)NCCNc1cc(-c2ccc(C)c(S(=O)(=O)N3CCOCC3)c2)ccn1. The van der Waals surface area contributed by atoms with Crippen LogP contribution in [0.3, 0.4) is 0 Å². The summed E-state index contributed by atoms with van der Waals surface area (Å²) in [4.78, 5) is 15.5. The van der Waals surface area contributed by atoms with Crippen molar-refractivity contribution >= 4 is 21.7 Å². The second-order valence-corrected chi connectivity index (χ2v) is 8.74. The normalized spacial score (nSPS) is 15.1. The van der Waals surface area contributed by atoms with E-state index in [9.17, 15) is 13.2 Å². The van der Waals surface area contributed by atoms with Gasteiger partial charge in [-0.15, -0.1) is 0 Å². The molecule has 9 heteroatoms. The van der Waals surface area contributed by atoms with Crippen molar-refractivity contribution in [2.75, 3.05) is 44.7 Å². The fourth-order valence-electron chi connectivity index (χ4n) is 3.12. The Morgan fingerprint density at radius 3 is 2.59 bits per heavy atom. The molecule has 2 aromatic rings. The van der Waals surface area contributed by atoms with Crippen LogP contribution in [0, 0.1) is 6.92 Å². The zero-order valence-electron chi connectivity index (χ0n) is 16.6. The predicted octanol–water partition coefficient (Wildman–Crippen LogP) is 1.63. The minimum atomic E-state index is -3.58. The van der Waals surface area contributed by atoms with E-state index in [2.05, 4.69) is 15.6 Å². The molecule has 0 unspecified atom stereocenters. The number of nitrogens with one attached hydrogen (secondary N) is 2. The minimum Gasteiger partial charge on any atom is -0.379 e. The third-order valence-corrected chi connectivity index (χ3v) is 6.71. The van der Waals surface area contributed by atoms with Crippen LogP contribution < -0.4 is 10.6 Å². The van der Waals surface area contributed by atoms with Crippen molar-refractivity contribution in [3.05, 3.63) is 42.1 Å². The van der Waals surface area contributed by atoms with Gasteiger partial charge in [0.05, 0.1) is 18.1 Å². The molecule has 1 saturated heterocycles. The van der Waals surface area contributed by atoms with Gasteiger partial charge in [0.15, 0.2) is 0 Å². The van der Waals surface area contributed by atoms with Crippen LogP contribution in [0.2, 0.25) is 0 Å². The van der Waals surface area contributed by atoms with Crippen LogP contribution in [0.25, 0.3) is 11.1 Å². The van der Waals surface area contributed by atoms with E-state index in [1.54, 1.807) is 19.2 Å². The first kappa shape index (κ1) is 21.2. The summed E-state index contributed by atoms with van der Waals surface area (Å²) >= 11 is 0. The zero-order chi connectivity index (χ0) is 20.9. The fraction of sp³-hybridized carbons (Fsp3) is 0.400. The fourth-order valence-corrected chi connectivity index (χ4v) is 4.78. The van der Waals surface area contributed by atoms with Crippen LogP contribution >= 0.6 is 0 Å². The number of rotatable bonds is 7. The Kier molecular flexibility index (Phi) is 6.83. The zero-order valence-corrected chi connectivity index (χ0v) is 17.5. The van der Waals surface area contributed by atoms with Gasteiger partial charge in [0.2, 0.25) is 15.9 Å². The Balaban J connectivity index is 1.82. The van der Waals surface area contributed by atoms with Crippen molar-refractivity contribution in [1.29, 1.82) is 0 Å². The number of carbonyl (C=O) groups is 1. The Morgan fingerprint density at radius 2 is 1.86 bits per heavy atom. The number of carbonyl (C=O) groups excluding carboxylic acids is 1. The lowest BCUT2D eigenvalue weighted by Gasteiger charge is -2.27. The number of aromatic nitrogens is 1. The molecular weight excluding hydrogens is 392 g/mol. The molecular formula is C20H26N4O4S. The van der Waals surface area contributed by atoms with Crippen LogP contribution in [0.1, 0.15) is 12.5 Å². The molecule has 1 aliphatic rings. The van der Waals surface area contributed by atoms with Crippen molar-refractivity contribution in [2.24, 2.45) is 0 Å². The maximum atomic E-state index is 13.1. The van der Waals surface area contributed by atoms with E-state index in [0.29, 0.717) is 55.7 Å². The molecule has 156 valence electrons. The standard InChI is InChI=1S/C20H26N4O4S/c1-15-3-4-17(13-19(15)29(26,27)24-9-11-28-12-10-24)18-5-6-22-20(14-18)23-8-7-21-16(2)25/h3-6,13-14H,7-12H2,1-2H3,(H,21,25)(H,22,23). The van der Waals surface area contributed by atoms with Crippen LogP contribution in [0.5, 0.6) is 0 Å². The van der Waals surface area contributed by atoms with Gasteiger partial charge in [0.25, 0.3) is 0 Å². The van der Waals surface area contributed by atoms with E-state index in [4.69, 9.17) is 4.74 Å². The van der Waals surface area contributed by atoms with E-state index in [1.165, 1.54) is 11.2 Å². The summed E-state index contributed by atoms with van der Waals surface area (Å²) in [6, 6.07) is 9.16. The van der Waals surface area contributed by atoms with E-state index >= 15 is 0 Å². The monoisotopic (exact) mass is 418 g/mol. The van der Waals surface area contributed by atoms with Crippen LogP contribution in [0.4, 0.5) is 5.82 Å². The second-order valence-electron chi connectivity index (χ2n) is 6.84. The lowest BCUT2D eigenvalue weighted by molar-refractivity contribution is -0.118. The van der Waals surface area contributed by atoms with E-state index in [-0.39, 0.29) is 5.91 Å². The molecule has 0 aliphatic carbocycles. The van der Waals surface area contributed by atoms with Gasteiger partial charge in [0.1, 0.15) is 5.82 Å². The molecule has 29 heavy (non-hydrogen) atoms. The maximum absolute atomic E-state index is 13.1. The molecule has 1 aromatic carbocycles. The summed E-state index contributed by atoms with van der Waals surface area (Å²) in [6.45, 7) is 5.87. The summed E-state index contributed by atoms with van der Waals surface area (Å²) in [5.41, 5.74) is 2.37. The van der Waals surface area contributed by atoms with Gasteiger partial charge in [-0.2, -0.15) is 4.31 Å². The molecule has 3 rings (SSSR count).